The zero-order valence-corrected chi connectivity index (χ0v) is 10.7. The van der Waals surface area contributed by atoms with Gasteiger partial charge >= 0.3 is 0 Å². The molecule has 0 heterocycles. The van der Waals surface area contributed by atoms with Gasteiger partial charge < -0.3 is 15.8 Å². The summed E-state index contributed by atoms with van der Waals surface area (Å²) in [6.07, 6.45) is 1.59. The summed E-state index contributed by atoms with van der Waals surface area (Å²) in [5, 5.41) is 2.66. The van der Waals surface area contributed by atoms with E-state index in [1.54, 1.807) is 24.5 Å². The number of hydrogen-bond acceptors (Lipinski definition) is 4. The molecule has 0 aromatic heterocycles. The number of carbonyl (C=O) groups is 1. The van der Waals surface area contributed by atoms with Crippen molar-refractivity contribution in [2.75, 3.05) is 31.4 Å². The summed E-state index contributed by atoms with van der Waals surface area (Å²) in [6.45, 7) is 0.368. The summed E-state index contributed by atoms with van der Waals surface area (Å²) in [7, 11) is 0.618. The summed E-state index contributed by atoms with van der Waals surface area (Å²) >= 11 is 0. The minimum Gasteiger partial charge on any atom is -0.497 e. The van der Waals surface area contributed by atoms with Gasteiger partial charge in [0.15, 0.2) is 0 Å². The Balaban J connectivity index is 2.66. The zero-order chi connectivity index (χ0) is 12.8. The quantitative estimate of drug-likeness (QED) is 0.746. The van der Waals surface area contributed by atoms with Crippen molar-refractivity contribution in [3.05, 3.63) is 23.8 Å². The van der Waals surface area contributed by atoms with Gasteiger partial charge in [-0.25, -0.2) is 0 Å². The van der Waals surface area contributed by atoms with Crippen LogP contribution in [-0.4, -0.2) is 35.8 Å². The molecule has 1 unspecified atom stereocenters. The summed E-state index contributed by atoms with van der Waals surface area (Å²) in [6, 6.07) is 4.86. The first kappa shape index (κ1) is 13.5. The van der Waals surface area contributed by atoms with Crippen LogP contribution in [0.1, 0.15) is 10.4 Å². The molecule has 0 aliphatic rings. The molecule has 94 valence electrons. The van der Waals surface area contributed by atoms with Gasteiger partial charge in [0.1, 0.15) is 5.75 Å². The molecule has 1 atom stereocenters. The van der Waals surface area contributed by atoms with E-state index in [9.17, 15) is 9.00 Å². The van der Waals surface area contributed by atoms with Crippen molar-refractivity contribution in [1.82, 2.24) is 5.32 Å². The summed E-state index contributed by atoms with van der Waals surface area (Å²) in [5.74, 6) is 0.770. The molecular weight excluding hydrogens is 240 g/mol. The highest BCUT2D eigenvalue weighted by molar-refractivity contribution is 7.84. The van der Waals surface area contributed by atoms with Crippen LogP contribution >= 0.6 is 0 Å². The number of nitrogens with one attached hydrogen (secondary N) is 1. The Kier molecular flexibility index (Phi) is 4.96. The van der Waals surface area contributed by atoms with Crippen LogP contribution in [0.2, 0.25) is 0 Å². The van der Waals surface area contributed by atoms with Gasteiger partial charge in [0.05, 0.1) is 12.7 Å². The van der Waals surface area contributed by atoms with Gasteiger partial charge in [0.25, 0.3) is 5.91 Å². The third kappa shape index (κ3) is 4.07. The molecule has 0 bridgehead atoms. The van der Waals surface area contributed by atoms with Gasteiger partial charge in [-0.05, 0) is 12.1 Å². The van der Waals surface area contributed by atoms with E-state index in [0.29, 0.717) is 29.3 Å². The van der Waals surface area contributed by atoms with Crippen molar-refractivity contribution in [2.45, 2.75) is 0 Å². The van der Waals surface area contributed by atoms with Crippen molar-refractivity contribution >= 4 is 22.4 Å². The van der Waals surface area contributed by atoms with Gasteiger partial charge in [-0.3, -0.25) is 9.00 Å². The maximum atomic E-state index is 11.7. The van der Waals surface area contributed by atoms with E-state index < -0.39 is 10.8 Å². The fourth-order valence-corrected chi connectivity index (χ4v) is 1.67. The van der Waals surface area contributed by atoms with Crippen molar-refractivity contribution in [3.8, 4) is 5.75 Å². The molecule has 17 heavy (non-hydrogen) atoms. The van der Waals surface area contributed by atoms with E-state index in [0.717, 1.165) is 0 Å². The lowest BCUT2D eigenvalue weighted by Crippen LogP contribution is -2.28. The number of nitrogens with two attached hydrogens (primary N) is 1. The first-order valence-corrected chi connectivity index (χ1v) is 6.79. The van der Waals surface area contributed by atoms with E-state index in [1.165, 1.54) is 7.11 Å². The third-order valence-electron chi connectivity index (χ3n) is 2.18. The minimum absolute atomic E-state index is 0.268. The molecule has 3 N–H and O–H groups in total. The zero-order valence-electron chi connectivity index (χ0n) is 9.86. The highest BCUT2D eigenvalue weighted by atomic mass is 32.2. The van der Waals surface area contributed by atoms with Crippen molar-refractivity contribution in [2.24, 2.45) is 0 Å². The van der Waals surface area contributed by atoms with Crippen LogP contribution in [0.5, 0.6) is 5.75 Å². The fraction of sp³-hybridized carbons (Fsp3) is 0.364. The van der Waals surface area contributed by atoms with Crippen LogP contribution in [-0.2, 0) is 10.8 Å². The van der Waals surface area contributed by atoms with Crippen LogP contribution in [0.25, 0.3) is 0 Å². The van der Waals surface area contributed by atoms with E-state index in [2.05, 4.69) is 5.32 Å². The number of amides is 1. The molecule has 6 heteroatoms. The Labute approximate surface area is 103 Å². The van der Waals surface area contributed by atoms with Crippen LogP contribution in [0.3, 0.4) is 0 Å². The first-order chi connectivity index (χ1) is 8.04. The molecule has 1 amide bonds. The second kappa shape index (κ2) is 6.24. The maximum Gasteiger partial charge on any atom is 0.253 e. The number of rotatable bonds is 5. The number of hydrogen-bond donors (Lipinski definition) is 2. The number of methoxy groups -OCH3 is 1. The van der Waals surface area contributed by atoms with Crippen LogP contribution < -0.4 is 15.8 Å². The summed E-state index contributed by atoms with van der Waals surface area (Å²) < 4.78 is 15.8. The van der Waals surface area contributed by atoms with Crippen molar-refractivity contribution in [1.29, 1.82) is 0 Å². The first-order valence-electron chi connectivity index (χ1n) is 5.06. The summed E-state index contributed by atoms with van der Waals surface area (Å²) in [4.78, 5) is 11.7. The molecule has 0 fully saturated rings. The highest BCUT2D eigenvalue weighted by Crippen LogP contribution is 2.19. The second-order valence-corrected chi connectivity index (χ2v) is 5.04. The number of benzene rings is 1. The van der Waals surface area contributed by atoms with E-state index in [1.807, 2.05) is 0 Å². The molecular formula is C11H16N2O3S. The molecule has 5 nitrogen and oxygen atoms in total. The number of anilines is 1. The normalized spacial score (nSPS) is 11.9. The van der Waals surface area contributed by atoms with E-state index >= 15 is 0 Å². The molecule has 0 radical (unpaired) electrons. The molecule has 0 aliphatic carbocycles. The molecule has 0 saturated carbocycles. The maximum absolute atomic E-state index is 11.7. The number of nitrogen functional groups attached to an aromatic ring is 1. The number of ether oxygens (including phenoxy) is 1. The minimum atomic E-state index is -0.915. The fourth-order valence-electron chi connectivity index (χ4n) is 1.28. The summed E-state index contributed by atoms with van der Waals surface area (Å²) in [5.41, 5.74) is 6.49. The van der Waals surface area contributed by atoms with Crippen LogP contribution in [0, 0.1) is 0 Å². The average Bonchev–Trinajstić information content (AvgIpc) is 2.28. The Morgan fingerprint density at radius 1 is 1.53 bits per heavy atom. The molecule has 0 spiro atoms. The Morgan fingerprint density at radius 2 is 2.24 bits per heavy atom. The lowest BCUT2D eigenvalue weighted by atomic mass is 10.1. The van der Waals surface area contributed by atoms with Crippen molar-refractivity contribution < 1.29 is 13.7 Å². The lowest BCUT2D eigenvalue weighted by Gasteiger charge is -2.08. The standard InChI is InChI=1S/C11H16N2O3S/c1-16-8-3-4-9(10(12)7-8)11(14)13-5-6-17(2)15/h3-4,7H,5-6,12H2,1-2H3,(H,13,14). The second-order valence-electron chi connectivity index (χ2n) is 3.49. The van der Waals surface area contributed by atoms with Crippen molar-refractivity contribution in [3.63, 3.8) is 0 Å². The largest absolute Gasteiger partial charge is 0.497 e. The average molecular weight is 256 g/mol. The topological polar surface area (TPSA) is 81.4 Å². The SMILES string of the molecule is COc1ccc(C(=O)NCCS(C)=O)c(N)c1. The Hall–Kier alpha value is -1.56. The molecule has 1 aromatic rings. The molecule has 1 aromatic carbocycles. The predicted octanol–water partition coefficient (Wildman–Crippen LogP) is 0.386. The van der Waals surface area contributed by atoms with E-state index in [-0.39, 0.29) is 5.91 Å². The van der Waals surface area contributed by atoms with Gasteiger partial charge in [0, 0.05) is 41.1 Å². The Bertz CT molecular complexity index is 435. The highest BCUT2D eigenvalue weighted by Gasteiger charge is 2.09. The van der Waals surface area contributed by atoms with E-state index in [4.69, 9.17) is 10.5 Å². The van der Waals surface area contributed by atoms with Gasteiger partial charge in [0.2, 0.25) is 0 Å². The van der Waals surface area contributed by atoms with Crippen LogP contribution in [0.4, 0.5) is 5.69 Å². The lowest BCUT2D eigenvalue weighted by molar-refractivity contribution is 0.0957. The molecule has 1 rings (SSSR count). The molecule has 0 saturated heterocycles. The van der Waals surface area contributed by atoms with Gasteiger partial charge in [-0.1, -0.05) is 0 Å². The van der Waals surface area contributed by atoms with Gasteiger partial charge in [-0.2, -0.15) is 0 Å². The number of carbonyl (C=O) groups excluding carboxylic acids is 1. The molecule has 0 aliphatic heterocycles. The van der Waals surface area contributed by atoms with Crippen LogP contribution in [0.15, 0.2) is 18.2 Å². The monoisotopic (exact) mass is 256 g/mol. The smallest absolute Gasteiger partial charge is 0.253 e. The Morgan fingerprint density at radius 3 is 2.76 bits per heavy atom. The van der Waals surface area contributed by atoms with Gasteiger partial charge in [-0.15, -0.1) is 0 Å². The predicted molar refractivity (Wildman–Crippen MR) is 68.7 cm³/mol. The third-order valence-corrected chi connectivity index (χ3v) is 2.96.